The summed E-state index contributed by atoms with van der Waals surface area (Å²) in [7, 11) is 3.52. The van der Waals surface area contributed by atoms with Crippen molar-refractivity contribution >= 4 is 15.3 Å². The van der Waals surface area contributed by atoms with Crippen molar-refractivity contribution in [2.75, 3.05) is 20.3 Å². The third-order valence-corrected chi connectivity index (χ3v) is 4.14. The number of hydrogen-bond donors (Lipinski definition) is 4. The lowest BCUT2D eigenvalue weighted by atomic mass is 9.84. The molecule has 2 fully saturated rings. The highest BCUT2D eigenvalue weighted by Gasteiger charge is 2.43. The number of ether oxygens (including phenoxy) is 3. The maximum Gasteiger partial charge on any atom is 0.306 e. The Morgan fingerprint density at radius 3 is 2.48 bits per heavy atom. The molecule has 0 amide bonds. The van der Waals surface area contributed by atoms with Crippen molar-refractivity contribution in [3.63, 3.8) is 0 Å². The molecule has 0 saturated carbocycles. The number of nitrogens with two attached hydrogens (primary N) is 1. The fourth-order valence-corrected chi connectivity index (χ4v) is 2.86. The van der Waals surface area contributed by atoms with Crippen LogP contribution < -0.4 is 5.73 Å². The number of rotatable bonds is 6. The topological polar surface area (TPSA) is 124 Å². The molecule has 2 aliphatic heterocycles. The molecular weight excluding hydrogens is 280 g/mol. The van der Waals surface area contributed by atoms with Crippen LogP contribution in [-0.2, 0) is 18.9 Å². The molecule has 2 rings (SSSR count). The molecule has 0 unspecified atom stereocenters. The second-order valence-electron chi connectivity index (χ2n) is 5.57. The predicted octanol–water partition coefficient (Wildman–Crippen LogP) is -4.51. The van der Waals surface area contributed by atoms with Gasteiger partial charge in [0.2, 0.25) is 0 Å². The highest BCUT2D eigenvalue weighted by Crippen LogP contribution is 2.23. The lowest BCUT2D eigenvalue weighted by Gasteiger charge is -2.19. The Labute approximate surface area is 125 Å². The molecule has 2 aliphatic rings. The van der Waals surface area contributed by atoms with E-state index < -0.39 is 36.5 Å². The Balaban J connectivity index is 1.75. The van der Waals surface area contributed by atoms with Crippen LogP contribution in [0.5, 0.6) is 0 Å². The second kappa shape index (κ2) is 7.38. The minimum atomic E-state index is -0.908. The van der Waals surface area contributed by atoms with Gasteiger partial charge in [-0.3, -0.25) is 0 Å². The van der Waals surface area contributed by atoms with Crippen LogP contribution in [0.2, 0.25) is 0 Å². The van der Waals surface area contributed by atoms with E-state index in [2.05, 4.69) is 0 Å². The summed E-state index contributed by atoms with van der Waals surface area (Å²) in [6.07, 6.45) is -3.18. The maximum atomic E-state index is 10.0. The van der Waals surface area contributed by atoms with E-state index in [-0.39, 0.29) is 32.8 Å². The standard InChI is InChI=1S/C11H23B2NO7/c1-18-9-8(17)5(20-10(9)12)3-19-13-11-6(14)7(16)4(2-15)21-11/h4-11,13,15-17H,2-3,12,14H2,1H3/t4-,5-,6-,7-,8-,9-,10-,11-/m1/s1. The normalized spacial score (nSPS) is 46.9. The lowest BCUT2D eigenvalue weighted by Crippen LogP contribution is -2.44. The maximum absolute atomic E-state index is 10.0. The number of hydrogen-bond acceptors (Lipinski definition) is 8. The molecule has 10 heteroatoms. The fourth-order valence-electron chi connectivity index (χ4n) is 2.86. The minimum Gasteiger partial charge on any atom is -0.434 e. The van der Waals surface area contributed by atoms with Gasteiger partial charge in [0.1, 0.15) is 32.3 Å². The Morgan fingerprint density at radius 2 is 1.95 bits per heavy atom. The van der Waals surface area contributed by atoms with Crippen molar-refractivity contribution in [2.24, 2.45) is 5.73 Å². The van der Waals surface area contributed by atoms with Crippen molar-refractivity contribution in [1.29, 1.82) is 0 Å². The van der Waals surface area contributed by atoms with E-state index in [0.29, 0.717) is 0 Å². The SMILES string of the molecule is B[C@@H]1O[C@H](COB[C@@H]2O[C@H](CO)[C@@H](O)[C@H]2N)[C@@H](O)[C@H]1OC. The van der Waals surface area contributed by atoms with Crippen molar-refractivity contribution in [2.45, 2.75) is 48.6 Å². The number of aliphatic hydroxyl groups is 3. The summed E-state index contributed by atoms with van der Waals surface area (Å²) in [5, 5.41) is 28.8. The van der Waals surface area contributed by atoms with Gasteiger partial charge in [0.15, 0.2) is 0 Å². The molecule has 0 bridgehead atoms. The zero-order chi connectivity index (χ0) is 15.6. The Morgan fingerprint density at radius 1 is 1.24 bits per heavy atom. The van der Waals surface area contributed by atoms with E-state index in [1.807, 2.05) is 7.85 Å². The van der Waals surface area contributed by atoms with Gasteiger partial charge in [-0.2, -0.15) is 0 Å². The van der Waals surface area contributed by atoms with Crippen molar-refractivity contribution < 1.29 is 34.2 Å². The molecule has 0 aromatic carbocycles. The van der Waals surface area contributed by atoms with E-state index >= 15 is 0 Å². The largest absolute Gasteiger partial charge is 0.434 e. The molecule has 0 aromatic rings. The quantitative estimate of drug-likeness (QED) is 0.362. The first-order valence-corrected chi connectivity index (χ1v) is 7.13. The smallest absolute Gasteiger partial charge is 0.306 e. The number of methoxy groups -OCH3 is 1. The van der Waals surface area contributed by atoms with Gasteiger partial charge in [0.25, 0.3) is 0 Å². The monoisotopic (exact) mass is 303 g/mol. The average molecular weight is 303 g/mol. The van der Waals surface area contributed by atoms with Gasteiger partial charge in [0.05, 0.1) is 37.4 Å². The lowest BCUT2D eigenvalue weighted by molar-refractivity contribution is -0.0179. The van der Waals surface area contributed by atoms with Crippen LogP contribution in [0.25, 0.3) is 0 Å². The highest BCUT2D eigenvalue weighted by molar-refractivity contribution is 6.29. The number of aliphatic hydroxyl groups excluding tert-OH is 3. The molecule has 8 atom stereocenters. The van der Waals surface area contributed by atoms with Gasteiger partial charge >= 0.3 is 7.48 Å². The summed E-state index contributed by atoms with van der Waals surface area (Å²) in [5.41, 5.74) is 5.81. The molecule has 21 heavy (non-hydrogen) atoms. The van der Waals surface area contributed by atoms with Crippen molar-refractivity contribution in [3.05, 3.63) is 0 Å². The first kappa shape index (κ1) is 17.2. The summed E-state index contributed by atoms with van der Waals surface area (Å²) >= 11 is 0. The summed E-state index contributed by atoms with van der Waals surface area (Å²) in [4.78, 5) is 0. The predicted molar refractivity (Wildman–Crippen MR) is 76.8 cm³/mol. The van der Waals surface area contributed by atoms with Gasteiger partial charge in [-0.05, 0) is 0 Å². The molecule has 0 aromatic heterocycles. The van der Waals surface area contributed by atoms with E-state index in [0.717, 1.165) is 0 Å². The Bertz CT molecular complexity index is 338. The second-order valence-corrected chi connectivity index (χ2v) is 5.57. The van der Waals surface area contributed by atoms with Crippen LogP contribution in [-0.4, -0.2) is 99.5 Å². The highest BCUT2D eigenvalue weighted by atomic mass is 16.6. The van der Waals surface area contributed by atoms with E-state index in [9.17, 15) is 10.2 Å². The van der Waals surface area contributed by atoms with Gasteiger partial charge in [-0.1, -0.05) is 0 Å². The fraction of sp³-hybridized carbons (Fsp3) is 1.00. The molecule has 0 spiro atoms. The van der Waals surface area contributed by atoms with Gasteiger partial charge in [0, 0.05) is 7.11 Å². The van der Waals surface area contributed by atoms with Crippen LogP contribution in [0.1, 0.15) is 0 Å². The van der Waals surface area contributed by atoms with Gasteiger partial charge < -0.3 is 39.9 Å². The molecule has 8 nitrogen and oxygen atoms in total. The van der Waals surface area contributed by atoms with Crippen LogP contribution in [0, 0.1) is 0 Å². The average Bonchev–Trinajstić information content (AvgIpc) is 2.89. The Kier molecular flexibility index (Phi) is 6.04. The van der Waals surface area contributed by atoms with Gasteiger partial charge in [-0.25, -0.2) is 0 Å². The van der Waals surface area contributed by atoms with E-state index in [1.165, 1.54) is 7.11 Å². The minimum absolute atomic E-state index is 0.160. The third kappa shape index (κ3) is 3.59. The Hall–Kier alpha value is -0.190. The molecule has 0 radical (unpaired) electrons. The molecular formula is C11H23B2NO7. The summed E-state index contributed by atoms with van der Waals surface area (Å²) in [6.45, 7) is -0.110. The van der Waals surface area contributed by atoms with Crippen LogP contribution in [0.15, 0.2) is 0 Å². The summed E-state index contributed by atoms with van der Waals surface area (Å²) < 4.78 is 21.6. The van der Waals surface area contributed by atoms with E-state index in [1.54, 1.807) is 0 Å². The third-order valence-electron chi connectivity index (χ3n) is 4.14. The first-order valence-electron chi connectivity index (χ1n) is 7.13. The molecule has 5 N–H and O–H groups in total. The van der Waals surface area contributed by atoms with Crippen molar-refractivity contribution in [3.8, 4) is 0 Å². The summed E-state index contributed by atoms with van der Waals surface area (Å²) in [6, 6.07) is -1.31. The first-order chi connectivity index (χ1) is 9.99. The van der Waals surface area contributed by atoms with Gasteiger partial charge in [-0.15, -0.1) is 0 Å². The molecule has 2 saturated heterocycles. The molecule has 0 aliphatic carbocycles. The molecule has 120 valence electrons. The molecule has 2 heterocycles. The van der Waals surface area contributed by atoms with E-state index in [4.69, 9.17) is 29.7 Å². The zero-order valence-electron chi connectivity index (χ0n) is 12.3. The van der Waals surface area contributed by atoms with Crippen molar-refractivity contribution in [1.82, 2.24) is 0 Å². The van der Waals surface area contributed by atoms with Crippen LogP contribution in [0.4, 0.5) is 0 Å². The summed E-state index contributed by atoms with van der Waals surface area (Å²) in [5.74, 6) is 0. The van der Waals surface area contributed by atoms with Crippen LogP contribution in [0.3, 0.4) is 0 Å². The zero-order valence-corrected chi connectivity index (χ0v) is 12.3. The van der Waals surface area contributed by atoms with Crippen LogP contribution >= 0.6 is 0 Å².